The summed E-state index contributed by atoms with van der Waals surface area (Å²) in [6.07, 6.45) is 2.82. The maximum Gasteiger partial charge on any atom is 0.137 e. The zero-order valence-corrected chi connectivity index (χ0v) is 11.2. The minimum atomic E-state index is -0.679. The predicted molar refractivity (Wildman–Crippen MR) is 74.4 cm³/mol. The van der Waals surface area contributed by atoms with Gasteiger partial charge in [0.1, 0.15) is 24.5 Å². The molecule has 6 heteroatoms. The Morgan fingerprint density at radius 2 is 2.30 bits per heavy atom. The number of ether oxygens (including phenoxy) is 1. The zero-order valence-electron chi connectivity index (χ0n) is 11.2. The van der Waals surface area contributed by atoms with Crippen molar-refractivity contribution in [3.8, 4) is 11.8 Å². The van der Waals surface area contributed by atoms with Crippen molar-refractivity contribution in [3.63, 3.8) is 0 Å². The number of nitriles is 1. The van der Waals surface area contributed by atoms with E-state index in [9.17, 15) is 5.11 Å². The maximum atomic E-state index is 9.84. The maximum absolute atomic E-state index is 9.84. The Bertz CT molecular complexity index is 603. The Balaban J connectivity index is 1.80. The molecule has 0 aliphatic carbocycles. The van der Waals surface area contributed by atoms with Crippen LogP contribution in [0.2, 0.25) is 0 Å². The highest BCUT2D eigenvalue weighted by molar-refractivity contribution is 5.42. The molecule has 0 saturated heterocycles. The molecule has 0 amide bonds. The molecule has 2 N–H and O–H groups in total. The van der Waals surface area contributed by atoms with Crippen LogP contribution in [0.1, 0.15) is 5.56 Å². The van der Waals surface area contributed by atoms with Gasteiger partial charge in [-0.1, -0.05) is 12.1 Å². The first-order valence-corrected chi connectivity index (χ1v) is 6.21. The topological polar surface area (TPSA) is 83.1 Å². The van der Waals surface area contributed by atoms with Crippen molar-refractivity contribution in [2.75, 3.05) is 18.5 Å². The number of aromatic nitrogens is 2. The lowest BCUT2D eigenvalue weighted by Crippen LogP contribution is -2.26. The van der Waals surface area contributed by atoms with Gasteiger partial charge in [-0.25, -0.2) is 0 Å². The number of hydrogen-bond acceptors (Lipinski definition) is 5. The summed E-state index contributed by atoms with van der Waals surface area (Å²) in [6.45, 7) is 0.465. The first-order chi connectivity index (χ1) is 9.69. The number of anilines is 1. The fraction of sp³-hybridized carbons (Fsp3) is 0.286. The number of hydrogen-bond donors (Lipinski definition) is 2. The van der Waals surface area contributed by atoms with Crippen LogP contribution in [0.3, 0.4) is 0 Å². The lowest BCUT2D eigenvalue weighted by molar-refractivity contribution is 0.117. The fourth-order valence-corrected chi connectivity index (χ4v) is 1.68. The number of para-hydroxylation sites is 1. The minimum absolute atomic E-state index is 0.117. The number of nitrogens with zero attached hydrogens (tertiary/aromatic N) is 3. The molecule has 0 radical (unpaired) electrons. The standard InChI is InChI=1S/C14H16N4O2/c1-18-9-12(7-17-18)16-8-13(19)10-20-14-5-3-2-4-11(14)6-15/h2-5,7,9,13,16,19H,8,10H2,1H3. The van der Waals surface area contributed by atoms with Gasteiger partial charge >= 0.3 is 0 Å². The molecule has 0 saturated carbocycles. The molecule has 0 spiro atoms. The summed E-state index contributed by atoms with van der Waals surface area (Å²) in [7, 11) is 1.82. The molecule has 2 rings (SSSR count). The van der Waals surface area contributed by atoms with Gasteiger partial charge < -0.3 is 15.2 Å². The van der Waals surface area contributed by atoms with Crippen LogP contribution < -0.4 is 10.1 Å². The third-order valence-corrected chi connectivity index (χ3v) is 2.69. The zero-order chi connectivity index (χ0) is 14.4. The summed E-state index contributed by atoms with van der Waals surface area (Å²) in [5.41, 5.74) is 1.30. The second kappa shape index (κ2) is 6.59. The van der Waals surface area contributed by atoms with E-state index in [-0.39, 0.29) is 6.61 Å². The van der Waals surface area contributed by atoms with Gasteiger partial charge in [0.15, 0.2) is 0 Å². The van der Waals surface area contributed by atoms with Crippen molar-refractivity contribution in [1.82, 2.24) is 9.78 Å². The highest BCUT2D eigenvalue weighted by atomic mass is 16.5. The van der Waals surface area contributed by atoms with E-state index in [0.717, 1.165) is 5.69 Å². The van der Waals surface area contributed by atoms with Gasteiger partial charge in [-0.2, -0.15) is 10.4 Å². The summed E-state index contributed by atoms with van der Waals surface area (Å²) in [4.78, 5) is 0. The molecule has 1 heterocycles. The molecule has 0 aliphatic heterocycles. The smallest absolute Gasteiger partial charge is 0.137 e. The summed E-state index contributed by atoms with van der Waals surface area (Å²) in [5, 5.41) is 25.8. The van der Waals surface area contributed by atoms with Crippen LogP contribution in [0.5, 0.6) is 5.75 Å². The van der Waals surface area contributed by atoms with Crippen molar-refractivity contribution in [2.24, 2.45) is 7.05 Å². The molecule has 0 bridgehead atoms. The molecule has 0 aliphatic rings. The Labute approximate surface area is 117 Å². The van der Waals surface area contributed by atoms with Gasteiger partial charge in [0.05, 0.1) is 17.4 Å². The number of benzene rings is 1. The third-order valence-electron chi connectivity index (χ3n) is 2.69. The molecular formula is C14H16N4O2. The van der Waals surface area contributed by atoms with Gasteiger partial charge in [-0.15, -0.1) is 0 Å². The lowest BCUT2D eigenvalue weighted by atomic mass is 10.2. The van der Waals surface area contributed by atoms with Gasteiger partial charge in [0, 0.05) is 19.8 Å². The van der Waals surface area contributed by atoms with Crippen molar-refractivity contribution in [1.29, 1.82) is 5.26 Å². The van der Waals surface area contributed by atoms with E-state index in [1.54, 1.807) is 35.1 Å². The van der Waals surface area contributed by atoms with Crippen LogP contribution in [0.25, 0.3) is 0 Å². The van der Waals surface area contributed by atoms with E-state index < -0.39 is 6.10 Å². The average molecular weight is 272 g/mol. The molecule has 6 nitrogen and oxygen atoms in total. The molecule has 1 atom stereocenters. The van der Waals surface area contributed by atoms with E-state index >= 15 is 0 Å². The lowest BCUT2D eigenvalue weighted by Gasteiger charge is -2.13. The second-order valence-corrected chi connectivity index (χ2v) is 4.36. The SMILES string of the molecule is Cn1cc(NCC(O)COc2ccccc2C#N)cn1. The number of aliphatic hydroxyl groups excluding tert-OH is 1. The Kier molecular flexibility index (Phi) is 4.58. The first-order valence-electron chi connectivity index (χ1n) is 6.21. The Morgan fingerprint density at radius 3 is 3.00 bits per heavy atom. The van der Waals surface area contributed by atoms with Gasteiger partial charge in [0.25, 0.3) is 0 Å². The monoisotopic (exact) mass is 272 g/mol. The molecule has 1 aromatic heterocycles. The fourth-order valence-electron chi connectivity index (χ4n) is 1.68. The Morgan fingerprint density at radius 1 is 1.50 bits per heavy atom. The second-order valence-electron chi connectivity index (χ2n) is 4.36. The number of nitrogens with one attached hydrogen (secondary N) is 1. The van der Waals surface area contributed by atoms with Crippen molar-refractivity contribution >= 4 is 5.69 Å². The van der Waals surface area contributed by atoms with Crippen LogP contribution in [-0.4, -0.2) is 34.1 Å². The molecule has 2 aromatic rings. The van der Waals surface area contributed by atoms with Crippen molar-refractivity contribution < 1.29 is 9.84 Å². The van der Waals surface area contributed by atoms with Gasteiger partial charge in [-0.05, 0) is 12.1 Å². The van der Waals surface area contributed by atoms with Crippen molar-refractivity contribution in [2.45, 2.75) is 6.10 Å². The van der Waals surface area contributed by atoms with E-state index in [4.69, 9.17) is 10.00 Å². The molecular weight excluding hydrogens is 256 g/mol. The minimum Gasteiger partial charge on any atom is -0.489 e. The normalized spacial score (nSPS) is 11.7. The predicted octanol–water partition coefficient (Wildman–Crippen LogP) is 1.14. The molecule has 1 aromatic carbocycles. The summed E-state index contributed by atoms with van der Waals surface area (Å²) >= 11 is 0. The molecule has 104 valence electrons. The summed E-state index contributed by atoms with van der Waals surface area (Å²) in [5.74, 6) is 0.482. The summed E-state index contributed by atoms with van der Waals surface area (Å²) < 4.78 is 7.13. The quantitative estimate of drug-likeness (QED) is 0.824. The van der Waals surface area contributed by atoms with Crippen LogP contribution in [0, 0.1) is 11.3 Å². The van der Waals surface area contributed by atoms with Crippen LogP contribution in [-0.2, 0) is 7.05 Å². The van der Waals surface area contributed by atoms with Crippen molar-refractivity contribution in [3.05, 3.63) is 42.2 Å². The van der Waals surface area contributed by atoms with E-state index in [2.05, 4.69) is 10.4 Å². The van der Waals surface area contributed by atoms with Crippen LogP contribution >= 0.6 is 0 Å². The van der Waals surface area contributed by atoms with E-state index in [1.807, 2.05) is 19.3 Å². The highest BCUT2D eigenvalue weighted by Gasteiger charge is 2.08. The molecule has 20 heavy (non-hydrogen) atoms. The summed E-state index contributed by atoms with van der Waals surface area (Å²) in [6, 6.07) is 8.99. The average Bonchev–Trinajstić information content (AvgIpc) is 2.89. The Hall–Kier alpha value is -2.52. The first kappa shape index (κ1) is 13.9. The number of rotatable bonds is 6. The van der Waals surface area contributed by atoms with E-state index in [1.165, 1.54) is 0 Å². The van der Waals surface area contributed by atoms with E-state index in [0.29, 0.717) is 17.9 Å². The van der Waals surface area contributed by atoms with Gasteiger partial charge in [0.2, 0.25) is 0 Å². The number of aryl methyl sites for hydroxylation is 1. The van der Waals surface area contributed by atoms with Gasteiger partial charge in [-0.3, -0.25) is 4.68 Å². The third kappa shape index (κ3) is 3.73. The molecule has 0 fully saturated rings. The number of aliphatic hydroxyl groups is 1. The van der Waals surface area contributed by atoms with Crippen LogP contribution in [0.4, 0.5) is 5.69 Å². The van der Waals surface area contributed by atoms with Crippen LogP contribution in [0.15, 0.2) is 36.7 Å². The highest BCUT2D eigenvalue weighted by Crippen LogP contribution is 2.16. The molecule has 1 unspecified atom stereocenters. The largest absolute Gasteiger partial charge is 0.489 e.